The summed E-state index contributed by atoms with van der Waals surface area (Å²) in [7, 11) is 1.75. The largest absolute Gasteiger partial charge is 0.296 e. The predicted molar refractivity (Wildman–Crippen MR) is 73.9 cm³/mol. The summed E-state index contributed by atoms with van der Waals surface area (Å²) in [5.41, 5.74) is 5.11. The van der Waals surface area contributed by atoms with Gasteiger partial charge in [-0.1, -0.05) is 6.07 Å². The zero-order chi connectivity index (χ0) is 12.4. The van der Waals surface area contributed by atoms with Crippen LogP contribution in [0.5, 0.6) is 0 Å². The summed E-state index contributed by atoms with van der Waals surface area (Å²) in [5.74, 6) is 0. The number of hydrogen-bond donors (Lipinski definition) is 0. The standard InChI is InChI=1S/C14H15N3/c1-9-10(2)12(8-15-3)13(16-4)14-11(9)6-5-7-17-14/h5-8H,4H2,1-3H3. The van der Waals surface area contributed by atoms with E-state index in [-0.39, 0.29) is 0 Å². The van der Waals surface area contributed by atoms with Gasteiger partial charge in [-0.05, 0) is 37.8 Å². The van der Waals surface area contributed by atoms with Gasteiger partial charge in [0, 0.05) is 30.4 Å². The summed E-state index contributed by atoms with van der Waals surface area (Å²) in [6.07, 6.45) is 3.60. The van der Waals surface area contributed by atoms with E-state index in [0.717, 1.165) is 22.2 Å². The van der Waals surface area contributed by atoms with Crippen LogP contribution in [-0.2, 0) is 0 Å². The van der Waals surface area contributed by atoms with Crippen molar-refractivity contribution in [3.8, 4) is 0 Å². The van der Waals surface area contributed by atoms with Crippen LogP contribution in [-0.4, -0.2) is 25.0 Å². The summed E-state index contributed by atoms with van der Waals surface area (Å²) >= 11 is 0. The lowest BCUT2D eigenvalue weighted by Gasteiger charge is -2.12. The lowest BCUT2D eigenvalue weighted by atomic mass is 9.97. The minimum Gasteiger partial charge on any atom is -0.296 e. The molecule has 0 aliphatic rings. The lowest BCUT2D eigenvalue weighted by molar-refractivity contribution is 1.31. The molecule has 0 N–H and O–H groups in total. The normalized spacial score (nSPS) is 11.2. The summed E-state index contributed by atoms with van der Waals surface area (Å²) in [6, 6.07) is 4.00. The number of nitrogens with zero attached hydrogens (tertiary/aromatic N) is 3. The molecule has 1 aromatic carbocycles. The molecule has 0 saturated heterocycles. The van der Waals surface area contributed by atoms with Crippen molar-refractivity contribution >= 4 is 29.5 Å². The van der Waals surface area contributed by atoms with Crippen LogP contribution >= 0.6 is 0 Å². The van der Waals surface area contributed by atoms with Gasteiger partial charge in [-0.3, -0.25) is 15.0 Å². The van der Waals surface area contributed by atoms with Crippen molar-refractivity contribution in [2.45, 2.75) is 13.8 Å². The molecule has 0 saturated carbocycles. The summed E-state index contributed by atoms with van der Waals surface area (Å²) in [4.78, 5) is 12.6. The Morgan fingerprint density at radius 1 is 1.29 bits per heavy atom. The van der Waals surface area contributed by atoms with Crippen LogP contribution in [0.15, 0.2) is 28.3 Å². The molecule has 0 spiro atoms. The smallest absolute Gasteiger partial charge is 0.0975 e. The molecule has 0 bridgehead atoms. The van der Waals surface area contributed by atoms with Crippen LogP contribution in [0.25, 0.3) is 10.9 Å². The first-order chi connectivity index (χ1) is 8.20. The Bertz CT molecular complexity index is 612. The van der Waals surface area contributed by atoms with Gasteiger partial charge in [0.2, 0.25) is 0 Å². The van der Waals surface area contributed by atoms with E-state index in [1.165, 1.54) is 11.1 Å². The highest BCUT2D eigenvalue weighted by Crippen LogP contribution is 2.33. The van der Waals surface area contributed by atoms with E-state index in [4.69, 9.17) is 0 Å². The third kappa shape index (κ3) is 1.73. The van der Waals surface area contributed by atoms with Crippen LogP contribution < -0.4 is 0 Å². The Morgan fingerprint density at radius 2 is 2.06 bits per heavy atom. The molecule has 0 amide bonds. The molecule has 0 unspecified atom stereocenters. The maximum absolute atomic E-state index is 4.40. The number of benzene rings is 1. The van der Waals surface area contributed by atoms with Crippen LogP contribution in [0.1, 0.15) is 16.7 Å². The molecule has 86 valence electrons. The average molecular weight is 225 g/mol. The average Bonchev–Trinajstić information content (AvgIpc) is 2.36. The van der Waals surface area contributed by atoms with Gasteiger partial charge in [-0.25, -0.2) is 0 Å². The van der Waals surface area contributed by atoms with Crippen molar-refractivity contribution in [1.82, 2.24) is 4.98 Å². The summed E-state index contributed by atoms with van der Waals surface area (Å²) in [5, 5.41) is 1.13. The van der Waals surface area contributed by atoms with Crippen LogP contribution in [0.3, 0.4) is 0 Å². The lowest BCUT2D eigenvalue weighted by Crippen LogP contribution is -1.95. The Balaban J connectivity index is 3.00. The minimum atomic E-state index is 0.814. The van der Waals surface area contributed by atoms with E-state index in [1.807, 2.05) is 12.3 Å². The SMILES string of the molecule is C=Nc1c(C=NC)c(C)c(C)c2cccnc12. The maximum atomic E-state index is 4.40. The highest BCUT2D eigenvalue weighted by Gasteiger charge is 2.12. The number of rotatable bonds is 2. The molecule has 2 aromatic rings. The van der Waals surface area contributed by atoms with Crippen LogP contribution in [0.2, 0.25) is 0 Å². The third-order valence-electron chi connectivity index (χ3n) is 3.07. The van der Waals surface area contributed by atoms with Crippen LogP contribution in [0, 0.1) is 13.8 Å². The number of aromatic nitrogens is 1. The zero-order valence-electron chi connectivity index (χ0n) is 10.4. The van der Waals surface area contributed by atoms with Gasteiger partial charge in [0.05, 0.1) is 11.2 Å². The van der Waals surface area contributed by atoms with Gasteiger partial charge in [-0.15, -0.1) is 0 Å². The first-order valence-electron chi connectivity index (χ1n) is 5.47. The molecule has 0 atom stereocenters. The predicted octanol–water partition coefficient (Wildman–Crippen LogP) is 3.23. The molecule has 2 rings (SSSR count). The van der Waals surface area contributed by atoms with E-state index in [1.54, 1.807) is 13.2 Å². The van der Waals surface area contributed by atoms with Crippen molar-refractivity contribution < 1.29 is 0 Å². The van der Waals surface area contributed by atoms with E-state index < -0.39 is 0 Å². The Labute approximate surface area is 101 Å². The quantitative estimate of drug-likeness (QED) is 0.723. The molecule has 17 heavy (non-hydrogen) atoms. The molecule has 0 aliphatic heterocycles. The molecule has 3 nitrogen and oxygen atoms in total. The first kappa shape index (κ1) is 11.5. The number of hydrogen-bond acceptors (Lipinski definition) is 3. The summed E-state index contributed by atoms with van der Waals surface area (Å²) in [6.45, 7) is 7.82. The molecule has 1 heterocycles. The number of pyridine rings is 1. The second-order valence-corrected chi connectivity index (χ2v) is 3.96. The molecule has 1 aromatic heterocycles. The van der Waals surface area contributed by atoms with Gasteiger partial charge < -0.3 is 0 Å². The monoisotopic (exact) mass is 225 g/mol. The third-order valence-corrected chi connectivity index (χ3v) is 3.07. The van der Waals surface area contributed by atoms with Crippen molar-refractivity contribution in [3.05, 3.63) is 35.0 Å². The van der Waals surface area contributed by atoms with Crippen molar-refractivity contribution in [1.29, 1.82) is 0 Å². The van der Waals surface area contributed by atoms with Gasteiger partial charge in [0.1, 0.15) is 0 Å². The van der Waals surface area contributed by atoms with Crippen LogP contribution in [0.4, 0.5) is 5.69 Å². The first-order valence-corrected chi connectivity index (χ1v) is 5.47. The fraction of sp³-hybridized carbons (Fsp3) is 0.214. The second kappa shape index (κ2) is 4.45. The molecule has 0 fully saturated rings. The Morgan fingerprint density at radius 3 is 2.71 bits per heavy atom. The van der Waals surface area contributed by atoms with Gasteiger partial charge >= 0.3 is 0 Å². The van der Waals surface area contributed by atoms with E-state index >= 15 is 0 Å². The minimum absolute atomic E-state index is 0.814. The second-order valence-electron chi connectivity index (χ2n) is 3.96. The number of fused-ring (bicyclic) bond motifs is 1. The van der Waals surface area contributed by atoms with Gasteiger partial charge in [0.25, 0.3) is 0 Å². The molecule has 0 radical (unpaired) electrons. The van der Waals surface area contributed by atoms with Crippen molar-refractivity contribution in [2.75, 3.05) is 7.05 Å². The Kier molecular flexibility index (Phi) is 3.00. The number of aryl methyl sites for hydroxylation is 1. The summed E-state index contributed by atoms with van der Waals surface area (Å²) < 4.78 is 0. The maximum Gasteiger partial charge on any atom is 0.0975 e. The highest BCUT2D eigenvalue weighted by atomic mass is 14.8. The van der Waals surface area contributed by atoms with Gasteiger partial charge in [-0.2, -0.15) is 0 Å². The van der Waals surface area contributed by atoms with Gasteiger partial charge in [0.15, 0.2) is 0 Å². The topological polar surface area (TPSA) is 37.6 Å². The molecule has 3 heteroatoms. The Hall–Kier alpha value is -2.03. The van der Waals surface area contributed by atoms with Crippen molar-refractivity contribution in [3.63, 3.8) is 0 Å². The molecule has 0 aliphatic carbocycles. The number of aliphatic imine (C=N–C) groups is 2. The van der Waals surface area contributed by atoms with E-state index in [0.29, 0.717) is 0 Å². The zero-order valence-corrected chi connectivity index (χ0v) is 10.4. The fourth-order valence-corrected chi connectivity index (χ4v) is 2.05. The van der Waals surface area contributed by atoms with Crippen molar-refractivity contribution in [2.24, 2.45) is 9.98 Å². The molecular weight excluding hydrogens is 210 g/mol. The molecular formula is C14H15N3. The van der Waals surface area contributed by atoms with E-state index in [2.05, 4.69) is 41.6 Å². The highest BCUT2D eigenvalue weighted by molar-refractivity contribution is 6.03. The fourth-order valence-electron chi connectivity index (χ4n) is 2.05. The van der Waals surface area contributed by atoms with E-state index in [9.17, 15) is 0 Å².